The first-order valence-electron chi connectivity index (χ1n) is 23.1. The van der Waals surface area contributed by atoms with Crippen molar-refractivity contribution in [2.24, 2.45) is 34.8 Å². The van der Waals surface area contributed by atoms with Crippen LogP contribution in [0.5, 0.6) is 5.75 Å². The van der Waals surface area contributed by atoms with Crippen LogP contribution in [0.3, 0.4) is 0 Å². The van der Waals surface area contributed by atoms with Crippen LogP contribution in [0, 0.1) is 11.8 Å². The monoisotopic (exact) mass is 1390 g/mol. The molecule has 0 aliphatic carbocycles. The molecule has 0 bridgehead atoms. The van der Waals surface area contributed by atoms with Crippen molar-refractivity contribution in [2.75, 3.05) is 18.1 Å². The van der Waals surface area contributed by atoms with Crippen molar-refractivity contribution >= 4 is 124 Å². The number of nitrogens with two attached hydrogens (primary N) is 4. The Labute approximate surface area is 456 Å². The number of phenolic OH excluding ortho intramolecular Hbond substituents is 1. The number of amides is 10. The summed E-state index contributed by atoms with van der Waals surface area (Å²) in [7, 11) is 2.06. The van der Waals surface area contributed by atoms with Gasteiger partial charge in [0.05, 0.1) is 18.5 Å². The first-order valence-corrected chi connectivity index (χ1v) is 38.1. The minimum absolute atomic E-state index is 0.0447. The van der Waals surface area contributed by atoms with Crippen LogP contribution in [-0.4, -0.2) is 141 Å². The number of likely N-dealkylation sites (tertiary alicyclic amines) is 1. The molecule has 1 aromatic rings. The van der Waals surface area contributed by atoms with Crippen molar-refractivity contribution in [2.45, 2.75) is 140 Å². The fourth-order valence-corrected chi connectivity index (χ4v) is 9.78. The number of ketones is 1. The SMILES string of the molecule is CC[C@H](C)[C@@H]1NC(=O)[C@H](Cc2ccc(O)cc2)NC(=O)[C@@H](N)CSSC[C@@H](C(=O)N2CCC[C@H]2C(=O)N[C@@H](CC(C)C)C(=O)CCC([13NH2])=O)NC(=O)[C@H](CC(N)=O)NC(=O)[C@H](CCC(N)=O)NC1=O.I[I-]I. The van der Waals surface area contributed by atoms with Gasteiger partial charge in [-0.15, -0.1) is 0 Å². The third-order valence-electron chi connectivity index (χ3n) is 11.5. The minimum atomic E-state index is -1.75. The number of primary amides is 3. The number of Topliss-reactive ketones (excluding diaryl/α,β-unsaturated/α-hetero) is 1. The molecule has 2 aliphatic heterocycles. The number of benzene rings is 1. The molecular weight excluding hydrogens is 1320 g/mol. The van der Waals surface area contributed by atoms with Crippen LogP contribution in [0.15, 0.2) is 24.3 Å². The summed E-state index contributed by atoms with van der Waals surface area (Å²) in [5.41, 5.74) is 23.0. The number of carbonyl (C=O) groups excluding carboxylic acids is 11. The molecule has 10 amide bonds. The Kier molecular flexibility index (Phi) is 29.7. The molecule has 15 N–H and O–H groups in total. The van der Waals surface area contributed by atoms with Crippen LogP contribution < -0.4 is 68.1 Å². The molecule has 9 atom stereocenters. The number of phenols is 1. The molecule has 28 heteroatoms. The number of rotatable bonds is 18. The molecule has 2 saturated heterocycles. The zero-order chi connectivity index (χ0) is 54.2. The Morgan fingerprint density at radius 3 is 1.99 bits per heavy atom. The summed E-state index contributed by atoms with van der Waals surface area (Å²) in [6.45, 7) is 7.15. The predicted octanol–water partition coefficient (Wildman–Crippen LogP) is -3.60. The second kappa shape index (κ2) is 33.2. The van der Waals surface area contributed by atoms with Gasteiger partial charge in [0.1, 0.15) is 42.0 Å². The molecule has 0 radical (unpaired) electrons. The molecule has 3 rings (SSSR count). The molecule has 1 aromatic carbocycles. The average Bonchev–Trinajstić information content (AvgIpc) is 3.81. The van der Waals surface area contributed by atoms with Gasteiger partial charge in [0.25, 0.3) is 0 Å². The summed E-state index contributed by atoms with van der Waals surface area (Å²) in [6, 6.07) is -4.86. The van der Waals surface area contributed by atoms with Crippen LogP contribution in [-0.2, 0) is 59.2 Å². The first-order chi connectivity index (χ1) is 33.9. The summed E-state index contributed by atoms with van der Waals surface area (Å²) < 4.78 is 0. The van der Waals surface area contributed by atoms with E-state index in [0.29, 0.717) is 31.7 Å². The average molecular weight is 1390 g/mol. The van der Waals surface area contributed by atoms with E-state index in [0.717, 1.165) is 21.6 Å². The van der Waals surface area contributed by atoms with Crippen molar-refractivity contribution in [3.05, 3.63) is 29.8 Å². The first kappa shape index (κ1) is 64.4. The number of carbonyl (C=O) groups is 11. The van der Waals surface area contributed by atoms with Crippen molar-refractivity contribution in [3.63, 3.8) is 0 Å². The van der Waals surface area contributed by atoms with E-state index in [1.165, 1.54) is 29.2 Å². The van der Waals surface area contributed by atoms with Gasteiger partial charge >= 0.3 is 50.5 Å². The van der Waals surface area contributed by atoms with Gasteiger partial charge in [0, 0.05) is 43.7 Å². The Morgan fingerprint density at radius 2 is 1.40 bits per heavy atom. The normalized spacial score (nSPS) is 23.6. The van der Waals surface area contributed by atoms with Crippen molar-refractivity contribution in [1.82, 2.24) is 36.8 Å². The third kappa shape index (κ3) is 22.8. The van der Waals surface area contributed by atoms with Crippen LogP contribution in [0.25, 0.3) is 0 Å². The van der Waals surface area contributed by atoms with Crippen LogP contribution in [0.2, 0.25) is 0 Å². The van der Waals surface area contributed by atoms with Crippen LogP contribution in [0.1, 0.15) is 91.0 Å². The Bertz CT molecular complexity index is 2080. The third-order valence-corrected chi connectivity index (χ3v) is 14.0. The summed E-state index contributed by atoms with van der Waals surface area (Å²) >= 11 is 5.30. The van der Waals surface area contributed by atoms with Crippen molar-refractivity contribution in [1.29, 1.82) is 0 Å². The van der Waals surface area contributed by atoms with E-state index in [1.807, 2.05) is 13.8 Å². The number of nitrogens with one attached hydrogen (secondary N) is 6. The summed E-state index contributed by atoms with van der Waals surface area (Å²) in [4.78, 5) is 148. The quantitative estimate of drug-likeness (QED) is 0.0500. The van der Waals surface area contributed by atoms with Gasteiger partial charge in [-0.05, 0) is 55.2 Å². The molecule has 0 spiro atoms. The molecule has 2 fully saturated rings. The fourth-order valence-electron chi connectivity index (χ4n) is 7.51. The zero-order valence-corrected chi connectivity index (χ0v) is 48.5. The standard InChI is InChI=1S/C44H67N11O12S2.I3/c1-5-23(4)37-43(66)49-27(12-14-34(46)58)39(62)52-30(19-36(48)60)40(63)53-31(21-69-68-20-26(45)38(61)51-29(41(64)54-37)18-24-8-10-25(56)11-9-24)44(67)55-16-6-7-32(55)42(65)50-28(17-22(2)3)33(57)13-15-35(47)59;1-3-2/h8-11,22-23,26-32,37,56H,5-7,12-21,45H2,1-4H3,(H2,46,58)(H2,47,59)(H2,48,60)(H,49,66)(H,50,65)(H,51,61)(H,52,62)(H,53,63)(H,54,64);/q;-1/t23-,26-,27-,28-,29-,30-,31-,32-,37-;/m0./s1/i47-1;. The molecule has 404 valence electrons. The van der Waals surface area contributed by atoms with E-state index >= 15 is 0 Å². The second-order valence-electron chi connectivity index (χ2n) is 17.7. The predicted molar refractivity (Wildman–Crippen MR) is 284 cm³/mol. The van der Waals surface area contributed by atoms with Gasteiger partial charge in [-0.3, -0.25) is 52.7 Å². The van der Waals surface area contributed by atoms with Crippen LogP contribution in [0.4, 0.5) is 0 Å². The molecule has 0 aromatic heterocycles. The summed E-state index contributed by atoms with van der Waals surface area (Å²) in [6.07, 6.45) is -1.00. The van der Waals surface area contributed by atoms with Gasteiger partial charge in [-0.1, -0.05) is 67.8 Å². The zero-order valence-electron chi connectivity index (χ0n) is 40.4. The van der Waals surface area contributed by atoms with Crippen molar-refractivity contribution in [3.8, 4) is 5.75 Å². The number of hydrogen-bond donors (Lipinski definition) is 11. The second-order valence-corrected chi connectivity index (χ2v) is 36.5. The van der Waals surface area contributed by atoms with Gasteiger partial charge in [-0.2, -0.15) is 0 Å². The van der Waals surface area contributed by atoms with E-state index < -0.39 is 138 Å². The van der Waals surface area contributed by atoms with Gasteiger partial charge in [-0.25, -0.2) is 0 Å². The Morgan fingerprint density at radius 1 is 0.819 bits per heavy atom. The number of hydrogen-bond acceptors (Lipinski definition) is 15. The number of nitrogens with zero attached hydrogens (tertiary/aromatic N) is 1. The maximum absolute atomic E-state index is 14.5. The van der Waals surface area contributed by atoms with E-state index in [-0.39, 0.29) is 61.8 Å². The van der Waals surface area contributed by atoms with E-state index in [9.17, 15) is 57.8 Å². The fraction of sp³-hybridized carbons (Fsp3) is 0.614. The molecule has 0 saturated carbocycles. The molecule has 0 unspecified atom stereocenters. The van der Waals surface area contributed by atoms with Crippen molar-refractivity contribution < 1.29 is 71.1 Å². The Balaban J connectivity index is 0.00000577. The molecule has 2 heterocycles. The number of aromatic hydroxyl groups is 1. The topological polar surface area (TPSA) is 387 Å². The van der Waals surface area contributed by atoms with E-state index in [4.69, 9.17) is 22.9 Å². The maximum atomic E-state index is 14.5. The molecule has 2 aliphatic rings. The van der Waals surface area contributed by atoms with E-state index in [2.05, 4.69) is 69.1 Å². The Hall–Kier alpha value is -3.76. The molecule has 23 nitrogen and oxygen atoms in total. The van der Waals surface area contributed by atoms with Gasteiger partial charge in [0.15, 0.2) is 5.78 Å². The van der Waals surface area contributed by atoms with E-state index in [1.54, 1.807) is 13.8 Å². The summed E-state index contributed by atoms with van der Waals surface area (Å²) in [5, 5.41) is 25.4. The summed E-state index contributed by atoms with van der Waals surface area (Å²) in [5.74, 6) is -9.88. The van der Waals surface area contributed by atoms with Gasteiger partial charge < -0.3 is 64.8 Å². The molecule has 72 heavy (non-hydrogen) atoms. The van der Waals surface area contributed by atoms with Crippen LogP contribution >= 0.6 is 58.8 Å². The van der Waals surface area contributed by atoms with Gasteiger partial charge in [0.2, 0.25) is 59.1 Å². The molecular formula is C44H67I3N11O12S2-. The number of halogens is 3.